The van der Waals surface area contributed by atoms with Crippen molar-refractivity contribution in [2.75, 3.05) is 13.2 Å². The van der Waals surface area contributed by atoms with Crippen molar-refractivity contribution in [3.05, 3.63) is 84.4 Å². The van der Waals surface area contributed by atoms with Gasteiger partial charge in [-0.15, -0.1) is 0 Å². The van der Waals surface area contributed by atoms with Crippen LogP contribution in [0.25, 0.3) is 11.1 Å². The molecular weight excluding hydrogens is 450 g/mol. The fourth-order valence-corrected chi connectivity index (χ4v) is 3.07. The van der Waals surface area contributed by atoms with E-state index < -0.39 is 11.8 Å². The minimum atomic E-state index is -0.447. The van der Waals surface area contributed by atoms with Crippen LogP contribution in [0.1, 0.15) is 30.1 Å². The molecule has 0 saturated heterocycles. The van der Waals surface area contributed by atoms with Gasteiger partial charge in [-0.05, 0) is 66.2 Å². The molecule has 34 heavy (non-hydrogen) atoms. The Bertz CT molecular complexity index is 1090. The average Bonchev–Trinajstić information content (AvgIpc) is 2.87. The summed E-state index contributed by atoms with van der Waals surface area (Å²) in [4.78, 5) is 24.3. The fraction of sp³-hybridized carbons (Fsp3) is 0.192. The van der Waals surface area contributed by atoms with Crippen LogP contribution in [0.4, 0.5) is 0 Å². The van der Waals surface area contributed by atoms with Crippen molar-refractivity contribution < 1.29 is 19.1 Å². The Balaban J connectivity index is 1.37. The van der Waals surface area contributed by atoms with Gasteiger partial charge in [0.15, 0.2) is 11.7 Å². The maximum Gasteiger partial charge on any atom is 0.276 e. The molecule has 0 aliphatic rings. The zero-order chi connectivity index (χ0) is 24.2. The summed E-state index contributed by atoms with van der Waals surface area (Å²) in [5, 5.41) is 2.47. The number of amides is 2. The first kappa shape index (κ1) is 24.7. The largest absolute Gasteiger partial charge is 0.494 e. The molecular formula is C26H27N3O4S. The van der Waals surface area contributed by atoms with E-state index in [9.17, 15) is 9.59 Å². The molecule has 0 atom stereocenters. The summed E-state index contributed by atoms with van der Waals surface area (Å²) in [7, 11) is 0. The van der Waals surface area contributed by atoms with Crippen molar-refractivity contribution in [1.29, 1.82) is 0 Å². The van der Waals surface area contributed by atoms with E-state index in [0.29, 0.717) is 23.7 Å². The predicted molar refractivity (Wildman–Crippen MR) is 136 cm³/mol. The van der Waals surface area contributed by atoms with Gasteiger partial charge in [0.25, 0.3) is 11.8 Å². The Morgan fingerprint density at radius 2 is 1.41 bits per heavy atom. The number of carbonyl (C=O) groups is 2. The zero-order valence-corrected chi connectivity index (χ0v) is 19.7. The number of carbonyl (C=O) groups excluding carboxylic acids is 2. The zero-order valence-electron chi connectivity index (χ0n) is 18.9. The maximum atomic E-state index is 12.3. The van der Waals surface area contributed by atoms with Gasteiger partial charge in [0.1, 0.15) is 11.5 Å². The van der Waals surface area contributed by atoms with Crippen LogP contribution < -0.4 is 25.6 Å². The molecule has 0 aromatic heterocycles. The highest BCUT2D eigenvalue weighted by Gasteiger charge is 2.09. The Labute approximate surface area is 204 Å². The van der Waals surface area contributed by atoms with Gasteiger partial charge in [0, 0.05) is 5.56 Å². The number of benzene rings is 3. The summed E-state index contributed by atoms with van der Waals surface area (Å²) in [6, 6.07) is 24.2. The number of hydrogen-bond acceptors (Lipinski definition) is 5. The van der Waals surface area contributed by atoms with Crippen molar-refractivity contribution in [3.8, 4) is 22.6 Å². The number of hydrogen-bond donors (Lipinski definition) is 3. The molecule has 3 rings (SSSR count). The molecule has 0 saturated carbocycles. The van der Waals surface area contributed by atoms with Crippen LogP contribution in [0.2, 0.25) is 0 Å². The molecule has 3 N–H and O–H groups in total. The van der Waals surface area contributed by atoms with Crippen LogP contribution >= 0.6 is 12.2 Å². The predicted octanol–water partition coefficient (Wildman–Crippen LogP) is 4.25. The molecule has 8 heteroatoms. The number of rotatable bonds is 9. The van der Waals surface area contributed by atoms with Crippen molar-refractivity contribution in [2.45, 2.75) is 19.8 Å². The highest BCUT2D eigenvalue weighted by Crippen LogP contribution is 2.22. The van der Waals surface area contributed by atoms with Gasteiger partial charge in [-0.1, -0.05) is 55.8 Å². The van der Waals surface area contributed by atoms with E-state index >= 15 is 0 Å². The molecule has 0 unspecified atom stereocenters. The fourth-order valence-electron chi connectivity index (χ4n) is 2.93. The van der Waals surface area contributed by atoms with Gasteiger partial charge >= 0.3 is 0 Å². The Morgan fingerprint density at radius 1 is 0.794 bits per heavy atom. The number of nitrogens with one attached hydrogen (secondary N) is 3. The molecule has 7 nitrogen and oxygen atoms in total. The quantitative estimate of drug-likeness (QED) is 0.243. The van der Waals surface area contributed by atoms with Gasteiger partial charge in [0.2, 0.25) is 0 Å². The number of hydrazine groups is 1. The van der Waals surface area contributed by atoms with Crippen LogP contribution in [-0.4, -0.2) is 30.1 Å². The van der Waals surface area contributed by atoms with Crippen LogP contribution in [0.5, 0.6) is 11.5 Å². The van der Waals surface area contributed by atoms with Gasteiger partial charge in [0.05, 0.1) is 6.61 Å². The summed E-state index contributed by atoms with van der Waals surface area (Å²) in [5.74, 6) is 0.416. The number of thiocarbonyl (C=S) groups is 1. The van der Waals surface area contributed by atoms with E-state index in [1.54, 1.807) is 36.4 Å². The summed E-state index contributed by atoms with van der Waals surface area (Å²) in [6.45, 7) is 2.51. The molecule has 0 spiro atoms. The molecule has 176 valence electrons. The first-order valence-electron chi connectivity index (χ1n) is 11.0. The molecule has 3 aromatic rings. The highest BCUT2D eigenvalue weighted by molar-refractivity contribution is 7.80. The first-order chi connectivity index (χ1) is 16.5. The standard InChI is InChI=1S/C26H27N3O4S/c1-2-3-17-32-22-15-11-21(12-16-22)25(31)27-26(34)29-28-24(30)18-33-23-13-9-20(10-14-23)19-7-5-4-6-8-19/h4-16H,2-3,17-18H2,1H3,(H,28,30)(H2,27,29,31,34). The normalized spacial score (nSPS) is 10.1. The molecule has 0 bridgehead atoms. The maximum absolute atomic E-state index is 12.3. The van der Waals surface area contributed by atoms with Crippen LogP contribution in [0.3, 0.4) is 0 Å². The summed E-state index contributed by atoms with van der Waals surface area (Å²) in [6.07, 6.45) is 2.02. The van der Waals surface area contributed by atoms with E-state index in [4.69, 9.17) is 21.7 Å². The first-order valence-corrected chi connectivity index (χ1v) is 11.4. The Hall–Kier alpha value is -3.91. The van der Waals surface area contributed by atoms with Crippen LogP contribution in [-0.2, 0) is 4.79 Å². The van der Waals surface area contributed by atoms with Crippen molar-refractivity contribution in [3.63, 3.8) is 0 Å². The van der Waals surface area contributed by atoms with Crippen LogP contribution in [0.15, 0.2) is 78.9 Å². The molecule has 0 heterocycles. The average molecular weight is 478 g/mol. The van der Waals surface area contributed by atoms with E-state index in [0.717, 1.165) is 24.0 Å². The van der Waals surface area contributed by atoms with Gasteiger partial charge in [-0.25, -0.2) is 0 Å². The second-order valence-electron chi connectivity index (χ2n) is 7.36. The Kier molecular flexibility index (Phi) is 9.42. The molecule has 3 aromatic carbocycles. The number of ether oxygens (including phenoxy) is 2. The van der Waals surface area contributed by atoms with E-state index in [1.165, 1.54) is 0 Å². The second-order valence-corrected chi connectivity index (χ2v) is 7.77. The lowest BCUT2D eigenvalue weighted by atomic mass is 10.1. The van der Waals surface area contributed by atoms with Crippen molar-refractivity contribution in [2.24, 2.45) is 0 Å². The molecule has 0 fully saturated rings. The third-order valence-corrected chi connectivity index (χ3v) is 4.96. The third kappa shape index (κ3) is 7.90. The lowest BCUT2D eigenvalue weighted by Crippen LogP contribution is -2.49. The van der Waals surface area contributed by atoms with E-state index in [-0.39, 0.29) is 11.7 Å². The summed E-state index contributed by atoms with van der Waals surface area (Å²) < 4.78 is 11.1. The van der Waals surface area contributed by atoms with E-state index in [1.807, 2.05) is 42.5 Å². The monoisotopic (exact) mass is 477 g/mol. The Morgan fingerprint density at radius 3 is 2.09 bits per heavy atom. The topological polar surface area (TPSA) is 88.7 Å². The lowest BCUT2D eigenvalue weighted by molar-refractivity contribution is -0.123. The summed E-state index contributed by atoms with van der Waals surface area (Å²) >= 11 is 5.06. The second kappa shape index (κ2) is 13.0. The molecule has 0 aliphatic heterocycles. The molecule has 0 aliphatic carbocycles. The van der Waals surface area contributed by atoms with Gasteiger partial charge in [-0.2, -0.15) is 0 Å². The minimum absolute atomic E-state index is 0.0335. The number of unbranched alkanes of at least 4 members (excludes halogenated alkanes) is 1. The molecule has 2 amide bonds. The molecule has 0 radical (unpaired) electrons. The van der Waals surface area contributed by atoms with Gasteiger partial charge in [-0.3, -0.25) is 25.8 Å². The third-order valence-electron chi connectivity index (χ3n) is 4.76. The van der Waals surface area contributed by atoms with Gasteiger partial charge < -0.3 is 9.47 Å². The van der Waals surface area contributed by atoms with E-state index in [2.05, 4.69) is 23.1 Å². The highest BCUT2D eigenvalue weighted by atomic mass is 32.1. The summed E-state index contributed by atoms with van der Waals surface area (Å²) in [5.41, 5.74) is 7.46. The smallest absolute Gasteiger partial charge is 0.276 e. The van der Waals surface area contributed by atoms with Crippen LogP contribution in [0, 0.1) is 0 Å². The minimum Gasteiger partial charge on any atom is -0.494 e. The van der Waals surface area contributed by atoms with Crippen molar-refractivity contribution >= 4 is 29.1 Å². The SMILES string of the molecule is CCCCOc1ccc(C(=O)NC(=S)NNC(=O)COc2ccc(-c3ccccc3)cc2)cc1. The lowest BCUT2D eigenvalue weighted by Gasteiger charge is -2.12. The van der Waals surface area contributed by atoms with Crippen molar-refractivity contribution in [1.82, 2.24) is 16.2 Å².